The molecule has 2 rings (SSSR count). The number of hydrogen-bond acceptors (Lipinski definition) is 4. The van der Waals surface area contributed by atoms with Gasteiger partial charge in [-0.25, -0.2) is 4.79 Å². The fraction of sp³-hybridized carbons (Fsp3) is 0.538. The summed E-state index contributed by atoms with van der Waals surface area (Å²) >= 11 is 1.19. The van der Waals surface area contributed by atoms with E-state index in [1.165, 1.54) is 22.8 Å². The summed E-state index contributed by atoms with van der Waals surface area (Å²) in [6.45, 7) is 1.94. The van der Waals surface area contributed by atoms with Gasteiger partial charge < -0.3 is 14.9 Å². The summed E-state index contributed by atoms with van der Waals surface area (Å²) in [5.74, 6) is -1.08. The second-order valence-electron chi connectivity index (χ2n) is 4.98. The molecule has 0 aromatic carbocycles. The molecule has 0 radical (unpaired) electrons. The third-order valence-electron chi connectivity index (χ3n) is 3.52. The van der Waals surface area contributed by atoms with Gasteiger partial charge >= 0.3 is 5.97 Å². The Morgan fingerprint density at radius 2 is 2.26 bits per heavy atom. The summed E-state index contributed by atoms with van der Waals surface area (Å²) in [5, 5.41) is 10.4. The van der Waals surface area contributed by atoms with E-state index in [2.05, 4.69) is 11.9 Å². The molecule has 0 unspecified atom stereocenters. The number of likely N-dealkylation sites (tertiary alicyclic amines) is 1. The molecule has 1 fully saturated rings. The maximum Gasteiger partial charge on any atom is 0.336 e. The molecule has 5 nitrogen and oxygen atoms in total. The lowest BCUT2D eigenvalue weighted by atomic mass is 10.0. The van der Waals surface area contributed by atoms with Gasteiger partial charge in [-0.05, 0) is 32.5 Å². The van der Waals surface area contributed by atoms with Crippen LogP contribution in [0.5, 0.6) is 0 Å². The summed E-state index contributed by atoms with van der Waals surface area (Å²) in [5.41, 5.74) is 0.183. The van der Waals surface area contributed by atoms with E-state index in [-0.39, 0.29) is 17.5 Å². The predicted octanol–water partition coefficient (Wildman–Crippen LogP) is 1.61. The lowest BCUT2D eigenvalue weighted by Crippen LogP contribution is -2.47. The zero-order chi connectivity index (χ0) is 14.0. The van der Waals surface area contributed by atoms with Gasteiger partial charge in [0.15, 0.2) is 0 Å². The first-order valence-corrected chi connectivity index (χ1v) is 7.14. The number of carboxylic acid groups (broad SMARTS) is 1. The van der Waals surface area contributed by atoms with Gasteiger partial charge in [0, 0.05) is 25.0 Å². The summed E-state index contributed by atoms with van der Waals surface area (Å²) < 4.78 is 0. The largest absolute Gasteiger partial charge is 0.478 e. The second kappa shape index (κ2) is 5.71. The molecule has 1 saturated heterocycles. The molecule has 1 aliphatic heterocycles. The molecule has 1 aliphatic rings. The smallest absolute Gasteiger partial charge is 0.336 e. The molecule has 0 saturated carbocycles. The number of rotatable bonds is 3. The van der Waals surface area contributed by atoms with Crippen LogP contribution in [0.25, 0.3) is 0 Å². The van der Waals surface area contributed by atoms with Crippen molar-refractivity contribution < 1.29 is 14.7 Å². The molecular weight excluding hydrogens is 264 g/mol. The normalized spacial score (nSPS) is 20.2. The molecule has 1 aromatic heterocycles. The number of thiophene rings is 1. The third-order valence-corrected chi connectivity index (χ3v) is 4.44. The van der Waals surface area contributed by atoms with E-state index in [1.807, 2.05) is 0 Å². The van der Waals surface area contributed by atoms with E-state index < -0.39 is 5.97 Å². The van der Waals surface area contributed by atoms with Crippen molar-refractivity contribution in [1.29, 1.82) is 0 Å². The number of likely N-dealkylation sites (N-methyl/N-ethyl adjacent to an activating group) is 2. The molecule has 0 spiro atoms. The van der Waals surface area contributed by atoms with Crippen LogP contribution in [0.1, 0.15) is 32.9 Å². The van der Waals surface area contributed by atoms with E-state index in [0.717, 1.165) is 25.9 Å². The molecule has 1 atom stereocenters. The van der Waals surface area contributed by atoms with Crippen LogP contribution in [0.2, 0.25) is 0 Å². The molecule has 6 heteroatoms. The number of piperidine rings is 1. The summed E-state index contributed by atoms with van der Waals surface area (Å²) in [6.07, 6.45) is 2.09. The molecule has 1 N–H and O–H groups in total. The minimum Gasteiger partial charge on any atom is -0.478 e. The topological polar surface area (TPSA) is 60.9 Å². The van der Waals surface area contributed by atoms with Crippen LogP contribution in [0.4, 0.5) is 0 Å². The zero-order valence-corrected chi connectivity index (χ0v) is 11.9. The van der Waals surface area contributed by atoms with Crippen LogP contribution in [-0.2, 0) is 0 Å². The number of carboxylic acids is 1. The van der Waals surface area contributed by atoms with Gasteiger partial charge in [-0.3, -0.25) is 4.79 Å². The van der Waals surface area contributed by atoms with Gasteiger partial charge in [0.1, 0.15) is 0 Å². The Labute approximate surface area is 116 Å². The molecule has 0 bridgehead atoms. The first kappa shape index (κ1) is 14.0. The van der Waals surface area contributed by atoms with Crippen LogP contribution in [0, 0.1) is 0 Å². The maximum absolute atomic E-state index is 12.3. The maximum atomic E-state index is 12.3. The first-order chi connectivity index (χ1) is 8.99. The van der Waals surface area contributed by atoms with Gasteiger partial charge in [-0.15, -0.1) is 11.3 Å². The standard InChI is InChI=1S/C13H18N2O3S/c1-14-5-3-4-10(7-14)15(2)12(16)11-6-9(8-19-11)13(17)18/h6,8,10H,3-5,7H2,1-2H3,(H,17,18)/t10-/m1/s1. The minimum absolute atomic E-state index is 0.0854. The average Bonchev–Trinajstić information content (AvgIpc) is 2.86. The molecule has 104 valence electrons. The van der Waals surface area contributed by atoms with Crippen molar-refractivity contribution in [2.75, 3.05) is 27.2 Å². The zero-order valence-electron chi connectivity index (χ0n) is 11.1. The minimum atomic E-state index is -0.990. The highest BCUT2D eigenvalue weighted by molar-refractivity contribution is 7.12. The molecule has 1 amide bonds. The number of aromatic carboxylic acids is 1. The van der Waals surface area contributed by atoms with E-state index in [1.54, 1.807) is 11.9 Å². The molecular formula is C13H18N2O3S. The second-order valence-corrected chi connectivity index (χ2v) is 5.89. The Morgan fingerprint density at radius 1 is 1.53 bits per heavy atom. The molecule has 0 aliphatic carbocycles. The molecule has 19 heavy (non-hydrogen) atoms. The number of hydrogen-bond donors (Lipinski definition) is 1. The third kappa shape index (κ3) is 3.13. The Hall–Kier alpha value is -1.40. The molecule has 1 aromatic rings. The van der Waals surface area contributed by atoms with Crippen molar-refractivity contribution in [3.05, 3.63) is 21.9 Å². The highest BCUT2D eigenvalue weighted by Crippen LogP contribution is 2.20. The van der Waals surface area contributed by atoms with Gasteiger partial charge in [0.2, 0.25) is 0 Å². The summed E-state index contributed by atoms with van der Waals surface area (Å²) in [7, 11) is 3.85. The van der Waals surface area contributed by atoms with Crippen LogP contribution >= 0.6 is 11.3 Å². The number of amides is 1. The average molecular weight is 282 g/mol. The Bertz CT molecular complexity index is 486. The monoisotopic (exact) mass is 282 g/mol. The highest BCUT2D eigenvalue weighted by atomic mass is 32.1. The van der Waals surface area contributed by atoms with Gasteiger partial charge in [0.05, 0.1) is 10.4 Å². The van der Waals surface area contributed by atoms with Gasteiger partial charge in [-0.2, -0.15) is 0 Å². The van der Waals surface area contributed by atoms with Crippen molar-refractivity contribution in [3.8, 4) is 0 Å². The fourth-order valence-corrected chi connectivity index (χ4v) is 3.22. The van der Waals surface area contributed by atoms with E-state index in [9.17, 15) is 9.59 Å². The Kier molecular flexibility index (Phi) is 4.21. The first-order valence-electron chi connectivity index (χ1n) is 6.26. The molecule has 2 heterocycles. The van der Waals surface area contributed by atoms with Crippen molar-refractivity contribution >= 4 is 23.2 Å². The number of carbonyl (C=O) groups is 2. The quantitative estimate of drug-likeness (QED) is 0.915. The van der Waals surface area contributed by atoms with Crippen molar-refractivity contribution in [3.63, 3.8) is 0 Å². The fourth-order valence-electron chi connectivity index (χ4n) is 2.36. The lowest BCUT2D eigenvalue weighted by molar-refractivity contribution is 0.0649. The number of nitrogens with zero attached hydrogens (tertiary/aromatic N) is 2. The number of carbonyl (C=O) groups excluding carboxylic acids is 1. The van der Waals surface area contributed by atoms with E-state index >= 15 is 0 Å². The Balaban J connectivity index is 2.07. The van der Waals surface area contributed by atoms with Crippen LogP contribution < -0.4 is 0 Å². The Morgan fingerprint density at radius 3 is 2.84 bits per heavy atom. The van der Waals surface area contributed by atoms with Gasteiger partial charge in [0.25, 0.3) is 5.91 Å². The van der Waals surface area contributed by atoms with Crippen molar-refractivity contribution in [2.45, 2.75) is 18.9 Å². The SMILES string of the molecule is CN1CCC[C@@H](N(C)C(=O)c2cc(C(=O)O)cs2)C1. The van der Waals surface area contributed by atoms with Crippen LogP contribution in [0.15, 0.2) is 11.4 Å². The van der Waals surface area contributed by atoms with Crippen LogP contribution in [0.3, 0.4) is 0 Å². The lowest BCUT2D eigenvalue weighted by Gasteiger charge is -2.35. The van der Waals surface area contributed by atoms with Crippen molar-refractivity contribution in [1.82, 2.24) is 9.80 Å². The highest BCUT2D eigenvalue weighted by Gasteiger charge is 2.26. The summed E-state index contributed by atoms with van der Waals surface area (Å²) in [4.78, 5) is 27.6. The van der Waals surface area contributed by atoms with E-state index in [0.29, 0.717) is 4.88 Å². The van der Waals surface area contributed by atoms with Gasteiger partial charge in [-0.1, -0.05) is 0 Å². The van der Waals surface area contributed by atoms with Crippen molar-refractivity contribution in [2.24, 2.45) is 0 Å². The summed E-state index contributed by atoms with van der Waals surface area (Å²) in [6, 6.07) is 1.67. The van der Waals surface area contributed by atoms with E-state index in [4.69, 9.17) is 5.11 Å². The predicted molar refractivity (Wildman–Crippen MR) is 73.9 cm³/mol. The van der Waals surface area contributed by atoms with Crippen LogP contribution in [-0.4, -0.2) is 60.0 Å².